The number of nitrogens with one attached hydrogen (secondary N) is 2. The van der Waals surface area contributed by atoms with Crippen LogP contribution in [0.15, 0.2) is 48.5 Å². The van der Waals surface area contributed by atoms with Gasteiger partial charge in [-0.3, -0.25) is 10.1 Å². The Labute approximate surface area is 125 Å². The molecule has 7 heteroatoms. The predicted octanol–water partition coefficient (Wildman–Crippen LogP) is 2.00. The van der Waals surface area contributed by atoms with Crippen LogP contribution in [-0.4, -0.2) is 4.92 Å². The van der Waals surface area contributed by atoms with E-state index < -0.39 is 11.0 Å². The minimum atomic E-state index is -0.569. The van der Waals surface area contributed by atoms with Crippen molar-refractivity contribution >= 4 is 11.4 Å². The summed E-state index contributed by atoms with van der Waals surface area (Å²) in [6, 6.07) is 9.30. The molecule has 2 aromatic rings. The van der Waals surface area contributed by atoms with E-state index in [1.54, 1.807) is 24.3 Å². The number of benzene rings is 2. The molecule has 2 aromatic carbocycles. The first-order chi connectivity index (χ1) is 10.6. The number of hydrogen-bond donors (Lipinski definition) is 2. The van der Waals surface area contributed by atoms with Crippen LogP contribution in [0.3, 0.4) is 0 Å². The van der Waals surface area contributed by atoms with E-state index in [2.05, 4.69) is 10.9 Å². The molecule has 2 N–H and O–H groups in total. The molecule has 0 bridgehead atoms. The Balaban J connectivity index is 1.97. The SMILES string of the molecule is O=[N+]([O-])c1ccc([O-])c(C2=CC(c3ccccc3F)NN2)c1. The second-order valence-electron chi connectivity index (χ2n) is 4.79. The zero-order chi connectivity index (χ0) is 15.7. The maximum absolute atomic E-state index is 13.8. The molecule has 0 saturated heterocycles. The second kappa shape index (κ2) is 5.45. The summed E-state index contributed by atoms with van der Waals surface area (Å²) < 4.78 is 13.8. The zero-order valence-electron chi connectivity index (χ0n) is 11.2. The Morgan fingerprint density at radius 1 is 1.18 bits per heavy atom. The molecule has 22 heavy (non-hydrogen) atoms. The monoisotopic (exact) mass is 300 g/mol. The lowest BCUT2D eigenvalue weighted by Gasteiger charge is -2.14. The standard InChI is InChI=1S/C15H12FN3O3/c16-12-4-2-1-3-10(12)13-8-14(18-17-13)11-7-9(19(21)22)5-6-15(11)20/h1-8,13,17-18,20H/p-1. The molecule has 1 aliphatic rings. The van der Waals surface area contributed by atoms with Crippen molar-refractivity contribution in [1.82, 2.24) is 10.9 Å². The summed E-state index contributed by atoms with van der Waals surface area (Å²) >= 11 is 0. The first-order valence-electron chi connectivity index (χ1n) is 6.50. The summed E-state index contributed by atoms with van der Waals surface area (Å²) in [6.07, 6.45) is 1.62. The maximum atomic E-state index is 13.8. The minimum absolute atomic E-state index is 0.167. The number of rotatable bonds is 3. The molecule has 112 valence electrons. The minimum Gasteiger partial charge on any atom is -0.872 e. The predicted molar refractivity (Wildman–Crippen MR) is 75.9 cm³/mol. The topological polar surface area (TPSA) is 90.3 Å². The van der Waals surface area contributed by atoms with Gasteiger partial charge in [-0.2, -0.15) is 0 Å². The largest absolute Gasteiger partial charge is 0.872 e. The van der Waals surface area contributed by atoms with E-state index in [1.165, 1.54) is 12.1 Å². The van der Waals surface area contributed by atoms with E-state index in [0.29, 0.717) is 11.3 Å². The Hall–Kier alpha value is -2.93. The molecule has 6 nitrogen and oxygen atoms in total. The van der Waals surface area contributed by atoms with Gasteiger partial charge in [0, 0.05) is 17.7 Å². The molecule has 0 saturated carbocycles. The molecular weight excluding hydrogens is 289 g/mol. The van der Waals surface area contributed by atoms with Crippen molar-refractivity contribution in [3.63, 3.8) is 0 Å². The molecule has 3 rings (SSSR count). The van der Waals surface area contributed by atoms with Gasteiger partial charge in [0.25, 0.3) is 5.69 Å². The average Bonchev–Trinajstić information content (AvgIpc) is 2.97. The summed E-state index contributed by atoms with van der Waals surface area (Å²) in [5, 5.41) is 22.7. The third-order valence-corrected chi connectivity index (χ3v) is 3.40. The van der Waals surface area contributed by atoms with E-state index in [4.69, 9.17) is 0 Å². The van der Waals surface area contributed by atoms with Crippen molar-refractivity contribution in [2.75, 3.05) is 0 Å². The Morgan fingerprint density at radius 2 is 1.95 bits per heavy atom. The lowest BCUT2D eigenvalue weighted by molar-refractivity contribution is -0.385. The molecule has 0 aliphatic carbocycles. The van der Waals surface area contributed by atoms with E-state index >= 15 is 0 Å². The lowest BCUT2D eigenvalue weighted by Crippen LogP contribution is -2.27. The van der Waals surface area contributed by atoms with E-state index in [-0.39, 0.29) is 22.8 Å². The molecular formula is C15H11FN3O3-. The fraction of sp³-hybridized carbons (Fsp3) is 0.0667. The summed E-state index contributed by atoms with van der Waals surface area (Å²) in [4.78, 5) is 10.2. The third-order valence-electron chi connectivity index (χ3n) is 3.40. The van der Waals surface area contributed by atoms with Crippen molar-refractivity contribution in [3.05, 3.63) is 75.6 Å². The fourth-order valence-corrected chi connectivity index (χ4v) is 2.30. The average molecular weight is 300 g/mol. The Kier molecular flexibility index (Phi) is 3.48. The molecule has 0 aromatic heterocycles. The fourth-order valence-electron chi connectivity index (χ4n) is 2.30. The van der Waals surface area contributed by atoms with Crippen LogP contribution in [0.25, 0.3) is 5.70 Å². The first kappa shape index (κ1) is 14.0. The zero-order valence-corrected chi connectivity index (χ0v) is 11.2. The van der Waals surface area contributed by atoms with Crippen LogP contribution in [-0.2, 0) is 0 Å². The highest BCUT2D eigenvalue weighted by atomic mass is 19.1. The quantitative estimate of drug-likeness (QED) is 0.668. The van der Waals surface area contributed by atoms with Crippen LogP contribution in [0, 0.1) is 15.9 Å². The van der Waals surface area contributed by atoms with E-state index in [9.17, 15) is 19.6 Å². The number of non-ortho nitro benzene ring substituents is 1. The molecule has 1 unspecified atom stereocenters. The van der Waals surface area contributed by atoms with Gasteiger partial charge in [0.15, 0.2) is 0 Å². The van der Waals surface area contributed by atoms with Gasteiger partial charge >= 0.3 is 0 Å². The van der Waals surface area contributed by atoms with Crippen LogP contribution in [0.2, 0.25) is 0 Å². The van der Waals surface area contributed by atoms with Gasteiger partial charge in [0.05, 0.1) is 16.7 Å². The number of hydrazine groups is 1. The normalized spacial score (nSPS) is 17.0. The van der Waals surface area contributed by atoms with Gasteiger partial charge in [0.2, 0.25) is 0 Å². The van der Waals surface area contributed by atoms with E-state index in [0.717, 1.165) is 12.1 Å². The van der Waals surface area contributed by atoms with Gasteiger partial charge in [-0.25, -0.2) is 9.82 Å². The molecule has 0 fully saturated rings. The first-order valence-corrected chi connectivity index (χ1v) is 6.50. The van der Waals surface area contributed by atoms with Crippen LogP contribution in [0.4, 0.5) is 10.1 Å². The molecule has 0 radical (unpaired) electrons. The van der Waals surface area contributed by atoms with Crippen molar-refractivity contribution < 1.29 is 14.4 Å². The van der Waals surface area contributed by atoms with E-state index in [1.807, 2.05) is 0 Å². The summed E-state index contributed by atoms with van der Waals surface area (Å²) in [7, 11) is 0. The van der Waals surface area contributed by atoms with Crippen molar-refractivity contribution in [2.45, 2.75) is 6.04 Å². The summed E-state index contributed by atoms with van der Waals surface area (Å²) in [5.41, 5.74) is 6.43. The number of nitrogens with zero attached hydrogens (tertiary/aromatic N) is 1. The number of nitro groups is 1. The van der Waals surface area contributed by atoms with Crippen molar-refractivity contribution in [1.29, 1.82) is 0 Å². The maximum Gasteiger partial charge on any atom is 0.270 e. The third kappa shape index (κ3) is 2.49. The lowest BCUT2D eigenvalue weighted by atomic mass is 10.0. The number of nitro benzene ring substituents is 1. The Morgan fingerprint density at radius 3 is 2.68 bits per heavy atom. The highest BCUT2D eigenvalue weighted by Gasteiger charge is 2.21. The van der Waals surface area contributed by atoms with Gasteiger partial charge < -0.3 is 10.5 Å². The second-order valence-corrected chi connectivity index (χ2v) is 4.79. The van der Waals surface area contributed by atoms with Gasteiger partial charge in [0.1, 0.15) is 5.82 Å². The number of halogens is 1. The van der Waals surface area contributed by atoms with Gasteiger partial charge in [-0.05, 0) is 17.7 Å². The molecule has 1 aliphatic heterocycles. The highest BCUT2D eigenvalue weighted by Crippen LogP contribution is 2.31. The molecule has 1 atom stereocenters. The van der Waals surface area contributed by atoms with Gasteiger partial charge in [-0.15, -0.1) is 0 Å². The summed E-state index contributed by atoms with van der Waals surface area (Å²) in [5.74, 6) is -0.721. The number of hydrogen-bond acceptors (Lipinski definition) is 5. The van der Waals surface area contributed by atoms with Crippen LogP contribution >= 0.6 is 0 Å². The van der Waals surface area contributed by atoms with Crippen molar-refractivity contribution in [3.8, 4) is 5.75 Å². The summed E-state index contributed by atoms with van der Waals surface area (Å²) in [6.45, 7) is 0. The van der Waals surface area contributed by atoms with Gasteiger partial charge in [-0.1, -0.05) is 30.0 Å². The molecule has 0 spiro atoms. The van der Waals surface area contributed by atoms with Crippen LogP contribution in [0.1, 0.15) is 17.2 Å². The van der Waals surface area contributed by atoms with Crippen molar-refractivity contribution in [2.24, 2.45) is 0 Å². The smallest absolute Gasteiger partial charge is 0.270 e. The Bertz CT molecular complexity index is 776. The van der Waals surface area contributed by atoms with Crippen LogP contribution < -0.4 is 16.0 Å². The molecule has 0 amide bonds. The molecule has 1 heterocycles. The van der Waals surface area contributed by atoms with Crippen LogP contribution in [0.5, 0.6) is 5.75 Å². The highest BCUT2D eigenvalue weighted by molar-refractivity contribution is 5.72.